The van der Waals surface area contributed by atoms with Gasteiger partial charge in [0.2, 0.25) is 5.91 Å². The van der Waals surface area contributed by atoms with Crippen LogP contribution in [0.25, 0.3) is 6.08 Å². The van der Waals surface area contributed by atoms with Crippen LogP contribution in [0.2, 0.25) is 5.02 Å². The molecule has 3 aromatic rings. The van der Waals surface area contributed by atoms with Crippen LogP contribution < -0.4 is 14.8 Å². The maximum Gasteiger partial charge on any atom is 0.416 e. The zero-order valence-electron chi connectivity index (χ0n) is 21.3. The molecule has 3 amide bonds. The largest absolute Gasteiger partial charge is 0.490 e. The minimum Gasteiger partial charge on any atom is -0.490 e. The molecule has 0 atom stereocenters. The SMILES string of the molecule is CCOc1cc(/C=C2\SC(=O)N(CC(=O)Nc3cccc(C(F)(F)F)c3)C2=O)cc(I)c1OCc1ccccc1Cl. The molecule has 0 spiro atoms. The fourth-order valence-electron chi connectivity index (χ4n) is 3.74. The van der Waals surface area contributed by atoms with E-state index in [9.17, 15) is 27.6 Å². The van der Waals surface area contributed by atoms with Crippen LogP contribution in [0, 0.1) is 3.57 Å². The summed E-state index contributed by atoms with van der Waals surface area (Å²) in [5.41, 5.74) is 0.303. The third-order valence-corrected chi connectivity index (χ3v) is 7.69. The van der Waals surface area contributed by atoms with Gasteiger partial charge in [-0.1, -0.05) is 35.9 Å². The van der Waals surface area contributed by atoms with Crippen molar-refractivity contribution in [3.05, 3.63) is 90.9 Å². The lowest BCUT2D eigenvalue weighted by molar-refractivity contribution is -0.137. The fourth-order valence-corrected chi connectivity index (χ4v) is 5.55. The van der Waals surface area contributed by atoms with E-state index in [2.05, 4.69) is 27.9 Å². The van der Waals surface area contributed by atoms with E-state index in [1.807, 2.05) is 25.1 Å². The van der Waals surface area contributed by atoms with Gasteiger partial charge < -0.3 is 14.8 Å². The van der Waals surface area contributed by atoms with Crippen molar-refractivity contribution in [2.24, 2.45) is 0 Å². The molecule has 1 fully saturated rings. The van der Waals surface area contributed by atoms with Gasteiger partial charge in [0.1, 0.15) is 13.2 Å². The number of anilines is 1. The number of nitrogens with zero attached hydrogens (tertiary/aromatic N) is 1. The lowest BCUT2D eigenvalue weighted by Gasteiger charge is -2.15. The number of alkyl halides is 3. The van der Waals surface area contributed by atoms with E-state index in [1.54, 1.807) is 18.2 Å². The Kier molecular flexibility index (Phi) is 9.87. The highest BCUT2D eigenvalue weighted by molar-refractivity contribution is 14.1. The van der Waals surface area contributed by atoms with Crippen LogP contribution in [-0.2, 0) is 22.4 Å². The summed E-state index contributed by atoms with van der Waals surface area (Å²) in [7, 11) is 0. The maximum absolute atomic E-state index is 13.0. The molecule has 0 bridgehead atoms. The van der Waals surface area contributed by atoms with Crippen LogP contribution in [0.3, 0.4) is 0 Å². The number of ether oxygens (including phenoxy) is 2. The molecule has 0 saturated carbocycles. The van der Waals surface area contributed by atoms with E-state index in [1.165, 1.54) is 12.1 Å². The predicted octanol–water partition coefficient (Wildman–Crippen LogP) is 7.62. The van der Waals surface area contributed by atoms with Gasteiger partial charge in [-0.3, -0.25) is 19.3 Å². The molecule has 1 heterocycles. The number of carbonyl (C=O) groups excluding carboxylic acids is 3. The Bertz CT molecular complexity index is 1530. The van der Waals surface area contributed by atoms with E-state index in [0.717, 1.165) is 28.7 Å². The molecule has 1 aliphatic heterocycles. The molecule has 41 heavy (non-hydrogen) atoms. The molecule has 0 aromatic heterocycles. The van der Waals surface area contributed by atoms with Gasteiger partial charge in [0.05, 0.1) is 20.6 Å². The Hall–Kier alpha value is -3.23. The summed E-state index contributed by atoms with van der Waals surface area (Å²) < 4.78 is 51.3. The van der Waals surface area contributed by atoms with Crippen molar-refractivity contribution in [3.63, 3.8) is 0 Å². The minimum absolute atomic E-state index is 0.0739. The second-order valence-electron chi connectivity index (χ2n) is 8.54. The molecule has 1 saturated heterocycles. The van der Waals surface area contributed by atoms with Crippen LogP contribution in [0.4, 0.5) is 23.7 Å². The Morgan fingerprint density at radius 1 is 1.10 bits per heavy atom. The Morgan fingerprint density at radius 2 is 1.85 bits per heavy atom. The van der Waals surface area contributed by atoms with Crippen molar-refractivity contribution >= 4 is 74.8 Å². The van der Waals surface area contributed by atoms with Crippen LogP contribution in [0.5, 0.6) is 11.5 Å². The first-order chi connectivity index (χ1) is 19.5. The van der Waals surface area contributed by atoms with Gasteiger partial charge in [-0.2, -0.15) is 13.2 Å². The van der Waals surface area contributed by atoms with Crippen molar-refractivity contribution in [1.82, 2.24) is 4.90 Å². The van der Waals surface area contributed by atoms with Gasteiger partial charge in [-0.15, -0.1) is 0 Å². The van der Waals surface area contributed by atoms with Crippen LogP contribution in [0.1, 0.15) is 23.6 Å². The molecule has 3 aromatic carbocycles. The summed E-state index contributed by atoms with van der Waals surface area (Å²) in [5.74, 6) is -0.603. The Morgan fingerprint density at radius 3 is 2.56 bits per heavy atom. The number of thioether (sulfide) groups is 1. The second kappa shape index (κ2) is 13.2. The van der Waals surface area contributed by atoms with Crippen molar-refractivity contribution < 1.29 is 37.0 Å². The molecule has 0 aliphatic carbocycles. The summed E-state index contributed by atoms with van der Waals surface area (Å²) in [6.45, 7) is 1.71. The molecular formula is C28H21ClF3IN2O5S. The summed E-state index contributed by atoms with van der Waals surface area (Å²) in [6.07, 6.45) is -3.09. The van der Waals surface area contributed by atoms with Gasteiger partial charge in [-0.05, 0) is 89.3 Å². The lowest BCUT2D eigenvalue weighted by Crippen LogP contribution is -2.36. The van der Waals surface area contributed by atoms with E-state index >= 15 is 0 Å². The number of rotatable bonds is 9. The number of halogens is 5. The molecule has 1 aliphatic rings. The Labute approximate surface area is 256 Å². The molecule has 0 radical (unpaired) electrons. The van der Waals surface area contributed by atoms with E-state index in [0.29, 0.717) is 44.0 Å². The van der Waals surface area contributed by atoms with E-state index in [4.69, 9.17) is 21.1 Å². The normalized spacial score (nSPS) is 14.5. The van der Waals surface area contributed by atoms with Crippen molar-refractivity contribution in [3.8, 4) is 11.5 Å². The average Bonchev–Trinajstić information content (AvgIpc) is 3.16. The van der Waals surface area contributed by atoms with Gasteiger partial charge in [0, 0.05) is 16.3 Å². The number of amides is 3. The van der Waals surface area contributed by atoms with Gasteiger partial charge in [-0.25, -0.2) is 0 Å². The Balaban J connectivity index is 1.48. The van der Waals surface area contributed by atoms with Crippen molar-refractivity contribution in [2.45, 2.75) is 19.7 Å². The molecule has 0 unspecified atom stereocenters. The lowest BCUT2D eigenvalue weighted by atomic mass is 10.1. The zero-order chi connectivity index (χ0) is 29.7. The zero-order valence-corrected chi connectivity index (χ0v) is 25.0. The highest BCUT2D eigenvalue weighted by Crippen LogP contribution is 2.38. The first-order valence-corrected chi connectivity index (χ1v) is 14.3. The molecule has 7 nitrogen and oxygen atoms in total. The fraction of sp³-hybridized carbons (Fsp3) is 0.179. The highest BCUT2D eigenvalue weighted by Gasteiger charge is 2.36. The van der Waals surface area contributed by atoms with E-state index in [-0.39, 0.29) is 17.2 Å². The predicted molar refractivity (Wildman–Crippen MR) is 159 cm³/mol. The summed E-state index contributed by atoms with van der Waals surface area (Å²) in [6, 6.07) is 14.8. The molecule has 1 N–H and O–H groups in total. The molecule has 214 valence electrons. The van der Waals surface area contributed by atoms with Crippen LogP contribution >= 0.6 is 46.0 Å². The van der Waals surface area contributed by atoms with Crippen LogP contribution in [0.15, 0.2) is 65.6 Å². The quantitative estimate of drug-likeness (QED) is 0.181. The topological polar surface area (TPSA) is 84.9 Å². The molecule has 13 heteroatoms. The summed E-state index contributed by atoms with van der Waals surface area (Å²) in [5, 5.41) is 2.18. The second-order valence-corrected chi connectivity index (χ2v) is 11.1. The first kappa shape index (κ1) is 30.7. The van der Waals surface area contributed by atoms with Gasteiger partial charge in [0.25, 0.3) is 11.1 Å². The summed E-state index contributed by atoms with van der Waals surface area (Å²) in [4.78, 5) is 38.8. The molecular weight excluding hydrogens is 696 g/mol. The smallest absolute Gasteiger partial charge is 0.416 e. The highest BCUT2D eigenvalue weighted by atomic mass is 127. The van der Waals surface area contributed by atoms with Crippen molar-refractivity contribution in [1.29, 1.82) is 0 Å². The van der Waals surface area contributed by atoms with Crippen LogP contribution in [-0.4, -0.2) is 35.1 Å². The number of hydrogen-bond donors (Lipinski definition) is 1. The third kappa shape index (κ3) is 7.74. The standard InChI is InChI=1S/C28H21ClF3IN2O5S/c1-2-39-22-11-16(10-21(33)25(22)40-15-17-6-3-4-9-20(17)29)12-23-26(37)35(27(38)41-23)14-24(36)34-19-8-5-7-18(13-19)28(30,31)32/h3-13H,2,14-15H2,1H3,(H,34,36)/b23-12-. The van der Waals surface area contributed by atoms with Gasteiger partial charge in [0.15, 0.2) is 11.5 Å². The number of carbonyl (C=O) groups is 3. The first-order valence-electron chi connectivity index (χ1n) is 12.0. The van der Waals surface area contributed by atoms with Crippen molar-refractivity contribution in [2.75, 3.05) is 18.5 Å². The third-order valence-electron chi connectivity index (χ3n) is 5.61. The monoisotopic (exact) mass is 716 g/mol. The average molecular weight is 717 g/mol. The summed E-state index contributed by atoms with van der Waals surface area (Å²) >= 11 is 8.96. The number of benzene rings is 3. The molecule has 4 rings (SSSR count). The number of imide groups is 1. The van der Waals surface area contributed by atoms with E-state index < -0.39 is 35.3 Å². The number of nitrogens with one attached hydrogen (secondary N) is 1. The van der Waals surface area contributed by atoms with Gasteiger partial charge >= 0.3 is 6.18 Å². The number of hydrogen-bond acceptors (Lipinski definition) is 6. The minimum atomic E-state index is -4.59. The maximum atomic E-state index is 13.0.